The molecular weight excluding hydrogens is 367 g/mol. The maximum Gasteiger partial charge on any atom is 0.424 e. The summed E-state index contributed by atoms with van der Waals surface area (Å²) in [7, 11) is 1.35. The number of benzene rings is 1. The van der Waals surface area contributed by atoms with Crippen LogP contribution in [0.3, 0.4) is 0 Å². The van der Waals surface area contributed by atoms with Gasteiger partial charge in [-0.15, -0.1) is 0 Å². The summed E-state index contributed by atoms with van der Waals surface area (Å²) in [4.78, 5) is 15.8. The highest BCUT2D eigenvalue weighted by atomic mass is 19.4. The third kappa shape index (κ3) is 3.70. The quantitative estimate of drug-likeness (QED) is 0.819. The minimum atomic E-state index is -4.95. The molecule has 0 aliphatic carbocycles. The lowest BCUT2D eigenvalue weighted by atomic mass is 9.97. The van der Waals surface area contributed by atoms with Gasteiger partial charge in [-0.2, -0.15) is 13.2 Å². The van der Waals surface area contributed by atoms with Crippen molar-refractivity contribution in [3.8, 4) is 11.5 Å². The molecule has 1 aromatic heterocycles. The van der Waals surface area contributed by atoms with Crippen molar-refractivity contribution in [2.45, 2.75) is 18.2 Å². The number of fused-ring (bicyclic) bond motifs is 1. The van der Waals surface area contributed by atoms with E-state index in [1.54, 1.807) is 6.07 Å². The number of nitrogens with zero attached hydrogens (tertiary/aromatic N) is 2. The minimum absolute atomic E-state index is 0.215. The van der Waals surface area contributed by atoms with Gasteiger partial charge in [0.05, 0.1) is 0 Å². The number of aryl methyl sites for hydroxylation is 1. The molecule has 2 N–H and O–H groups in total. The third-order valence-electron chi connectivity index (χ3n) is 4.24. The fourth-order valence-corrected chi connectivity index (χ4v) is 2.79. The van der Waals surface area contributed by atoms with Gasteiger partial charge in [0, 0.05) is 38.0 Å². The Kier molecular flexibility index (Phi) is 5.01. The zero-order valence-electron chi connectivity index (χ0n) is 14.4. The Hall–Kier alpha value is -2.75. The number of alkyl halides is 3. The summed E-state index contributed by atoms with van der Waals surface area (Å²) in [6.45, 7) is 0.345. The molecule has 1 amide bonds. The van der Waals surface area contributed by atoms with E-state index in [1.165, 1.54) is 31.6 Å². The lowest BCUT2D eigenvalue weighted by Crippen LogP contribution is -2.46. The van der Waals surface area contributed by atoms with Crippen LogP contribution in [0, 0.1) is 0 Å². The van der Waals surface area contributed by atoms with Gasteiger partial charge in [-0.3, -0.25) is 4.79 Å². The molecule has 0 spiro atoms. The van der Waals surface area contributed by atoms with Crippen LogP contribution in [0.1, 0.15) is 22.6 Å². The molecule has 7 nitrogen and oxygen atoms in total. The standard InChI is InChI=1S/C17H18F3N3O4/c1-23-7-6-22-15(23)16(25,17(18,19)20)4-5-21-14(24)11-2-3-12-13(10-11)27-9-8-26-12/h2-3,6-7,10,25H,4-5,8-9H2,1H3,(H,21,24). The summed E-state index contributed by atoms with van der Waals surface area (Å²) < 4.78 is 52.1. The molecular formula is C17H18F3N3O4. The number of halogens is 3. The van der Waals surface area contributed by atoms with Crippen molar-refractivity contribution in [3.63, 3.8) is 0 Å². The highest BCUT2D eigenvalue weighted by Gasteiger charge is 2.57. The molecule has 0 fully saturated rings. The van der Waals surface area contributed by atoms with Gasteiger partial charge in [-0.25, -0.2) is 4.98 Å². The predicted molar refractivity (Wildman–Crippen MR) is 87.5 cm³/mol. The minimum Gasteiger partial charge on any atom is -0.486 e. The molecule has 2 heterocycles. The monoisotopic (exact) mass is 385 g/mol. The predicted octanol–water partition coefficient (Wildman–Crippen LogP) is 1.76. The second kappa shape index (κ2) is 7.10. The molecule has 27 heavy (non-hydrogen) atoms. The number of aromatic nitrogens is 2. The SMILES string of the molecule is Cn1ccnc1C(O)(CCNC(=O)c1ccc2c(c1)OCCO2)C(F)(F)F. The number of carbonyl (C=O) groups is 1. The van der Waals surface area contributed by atoms with E-state index in [9.17, 15) is 23.1 Å². The van der Waals surface area contributed by atoms with E-state index in [0.29, 0.717) is 24.7 Å². The van der Waals surface area contributed by atoms with E-state index in [1.807, 2.05) is 0 Å². The van der Waals surface area contributed by atoms with E-state index >= 15 is 0 Å². The second-order valence-electron chi connectivity index (χ2n) is 6.08. The maximum absolute atomic E-state index is 13.4. The molecule has 1 aromatic carbocycles. The van der Waals surface area contributed by atoms with Crippen molar-refractivity contribution in [1.82, 2.24) is 14.9 Å². The molecule has 0 saturated heterocycles. The summed E-state index contributed by atoms with van der Waals surface area (Å²) >= 11 is 0. The van der Waals surface area contributed by atoms with Crippen LogP contribution in [-0.4, -0.2) is 46.5 Å². The molecule has 3 rings (SSSR count). The van der Waals surface area contributed by atoms with Crippen LogP contribution in [0.4, 0.5) is 13.2 Å². The van der Waals surface area contributed by atoms with E-state index in [2.05, 4.69) is 10.3 Å². The Morgan fingerprint density at radius 1 is 1.30 bits per heavy atom. The van der Waals surface area contributed by atoms with Gasteiger partial charge in [0.25, 0.3) is 5.91 Å². The number of hydrogen-bond donors (Lipinski definition) is 2. The first-order valence-corrected chi connectivity index (χ1v) is 8.17. The lowest BCUT2D eigenvalue weighted by molar-refractivity contribution is -0.272. The number of amides is 1. The van der Waals surface area contributed by atoms with Gasteiger partial charge in [-0.1, -0.05) is 0 Å². The molecule has 1 aliphatic heterocycles. The van der Waals surface area contributed by atoms with Gasteiger partial charge in [0.1, 0.15) is 19.0 Å². The summed E-state index contributed by atoms with van der Waals surface area (Å²) in [5.74, 6) is -0.229. The van der Waals surface area contributed by atoms with Crippen LogP contribution in [0.2, 0.25) is 0 Å². The number of nitrogens with one attached hydrogen (secondary N) is 1. The van der Waals surface area contributed by atoms with Crippen LogP contribution >= 0.6 is 0 Å². The van der Waals surface area contributed by atoms with Gasteiger partial charge >= 0.3 is 6.18 Å². The van der Waals surface area contributed by atoms with E-state index in [4.69, 9.17) is 9.47 Å². The summed E-state index contributed by atoms with van der Waals surface area (Å²) in [5, 5.41) is 12.6. The molecule has 10 heteroatoms. The Labute approximate surface area is 152 Å². The van der Waals surface area contributed by atoms with Gasteiger partial charge < -0.3 is 24.5 Å². The summed E-state index contributed by atoms with van der Waals surface area (Å²) in [6, 6.07) is 4.50. The first kappa shape index (κ1) is 19.0. The van der Waals surface area contributed by atoms with Gasteiger partial charge in [0.15, 0.2) is 11.5 Å². The number of imidazole rings is 1. The van der Waals surface area contributed by atoms with Crippen LogP contribution < -0.4 is 14.8 Å². The van der Waals surface area contributed by atoms with Crippen molar-refractivity contribution in [2.24, 2.45) is 7.05 Å². The smallest absolute Gasteiger partial charge is 0.424 e. The zero-order valence-corrected chi connectivity index (χ0v) is 14.4. The van der Waals surface area contributed by atoms with Crippen molar-refractivity contribution in [1.29, 1.82) is 0 Å². The van der Waals surface area contributed by atoms with Crippen LogP contribution in [0.25, 0.3) is 0 Å². The first-order valence-electron chi connectivity index (χ1n) is 8.17. The zero-order chi connectivity index (χ0) is 19.7. The highest BCUT2D eigenvalue weighted by molar-refractivity contribution is 5.94. The topological polar surface area (TPSA) is 85.6 Å². The van der Waals surface area contributed by atoms with E-state index < -0.39 is 36.5 Å². The van der Waals surface area contributed by atoms with Gasteiger partial charge in [-0.05, 0) is 18.2 Å². The number of aliphatic hydroxyl groups is 1. The molecule has 1 unspecified atom stereocenters. The van der Waals surface area contributed by atoms with Crippen molar-refractivity contribution < 1.29 is 32.5 Å². The normalized spacial score (nSPS) is 15.9. The van der Waals surface area contributed by atoms with Crippen molar-refractivity contribution in [2.75, 3.05) is 19.8 Å². The highest BCUT2D eigenvalue weighted by Crippen LogP contribution is 2.40. The number of hydrogen-bond acceptors (Lipinski definition) is 5. The van der Waals surface area contributed by atoms with Crippen molar-refractivity contribution in [3.05, 3.63) is 42.0 Å². The average molecular weight is 385 g/mol. The van der Waals surface area contributed by atoms with Gasteiger partial charge in [0.2, 0.25) is 5.60 Å². The number of rotatable bonds is 5. The summed E-state index contributed by atoms with van der Waals surface area (Å²) in [6.07, 6.45) is -3.26. The molecule has 1 atom stereocenters. The number of carbonyl (C=O) groups excluding carboxylic acids is 1. The fourth-order valence-electron chi connectivity index (χ4n) is 2.79. The van der Waals surface area contributed by atoms with Crippen LogP contribution in [0.5, 0.6) is 11.5 Å². The molecule has 0 bridgehead atoms. The fraction of sp³-hybridized carbons (Fsp3) is 0.412. The van der Waals surface area contributed by atoms with Crippen LogP contribution in [0.15, 0.2) is 30.6 Å². The molecule has 1 aliphatic rings. The molecule has 146 valence electrons. The molecule has 0 saturated carbocycles. The van der Waals surface area contributed by atoms with E-state index in [0.717, 1.165) is 4.57 Å². The second-order valence-corrected chi connectivity index (χ2v) is 6.08. The Morgan fingerprint density at radius 3 is 2.63 bits per heavy atom. The molecule has 2 aromatic rings. The van der Waals surface area contributed by atoms with Crippen molar-refractivity contribution >= 4 is 5.91 Å². The Balaban J connectivity index is 1.68. The lowest BCUT2D eigenvalue weighted by Gasteiger charge is -2.30. The largest absolute Gasteiger partial charge is 0.486 e. The van der Waals surface area contributed by atoms with E-state index in [-0.39, 0.29) is 5.56 Å². The average Bonchev–Trinajstić information content (AvgIpc) is 3.06. The first-order chi connectivity index (χ1) is 12.7. The van der Waals surface area contributed by atoms with Crippen LogP contribution in [-0.2, 0) is 12.6 Å². The summed E-state index contributed by atoms with van der Waals surface area (Å²) in [5.41, 5.74) is -2.96. The Morgan fingerprint density at radius 2 is 2.00 bits per heavy atom. The molecule has 0 radical (unpaired) electrons. The third-order valence-corrected chi connectivity index (χ3v) is 4.24. The Bertz CT molecular complexity index is 837. The maximum atomic E-state index is 13.4. The number of ether oxygens (including phenoxy) is 2.